The molecule has 0 aromatic heterocycles. The Kier molecular flexibility index (Phi) is 3.74. The molecule has 1 atom stereocenters. The fraction of sp³-hybridized carbons (Fsp3) is 0.333. The zero-order chi connectivity index (χ0) is 14.8. The van der Waals surface area contributed by atoms with Crippen molar-refractivity contribution >= 4 is 11.4 Å². The zero-order valence-electron chi connectivity index (χ0n) is 12.7. The van der Waals surface area contributed by atoms with Crippen molar-refractivity contribution in [2.45, 2.75) is 32.9 Å². The molecule has 110 valence electrons. The summed E-state index contributed by atoms with van der Waals surface area (Å²) < 4.78 is 6.03. The van der Waals surface area contributed by atoms with E-state index in [9.17, 15) is 0 Å². The molecule has 21 heavy (non-hydrogen) atoms. The largest absolute Gasteiger partial charge is 0.486 e. The summed E-state index contributed by atoms with van der Waals surface area (Å²) in [5.41, 5.74) is 10.4. The monoisotopic (exact) mass is 282 g/mol. The predicted molar refractivity (Wildman–Crippen MR) is 87.8 cm³/mol. The van der Waals surface area contributed by atoms with Gasteiger partial charge in [0.25, 0.3) is 0 Å². The Morgan fingerprint density at radius 1 is 1.19 bits per heavy atom. The van der Waals surface area contributed by atoms with Crippen molar-refractivity contribution in [3.8, 4) is 5.75 Å². The lowest BCUT2D eigenvalue weighted by atomic mass is 10.1. The minimum absolute atomic E-state index is 0.227. The van der Waals surface area contributed by atoms with Gasteiger partial charge in [-0.2, -0.15) is 0 Å². The standard InChI is InChI=1S/C18H22N2O/c1-3-16-12-20(11-14-6-4-13(2)5-7-14)17-9-8-15(19)10-18(17)21-16/h4-10,16H,3,11-12,19H2,1-2H3. The molecule has 1 unspecified atom stereocenters. The zero-order valence-corrected chi connectivity index (χ0v) is 12.7. The van der Waals surface area contributed by atoms with Gasteiger partial charge in [-0.1, -0.05) is 36.8 Å². The minimum atomic E-state index is 0.227. The highest BCUT2D eigenvalue weighted by Crippen LogP contribution is 2.36. The number of hydrogen-bond donors (Lipinski definition) is 1. The van der Waals surface area contributed by atoms with E-state index in [1.165, 1.54) is 11.1 Å². The van der Waals surface area contributed by atoms with Crippen LogP contribution in [0.3, 0.4) is 0 Å². The third-order valence-corrected chi connectivity index (χ3v) is 3.99. The Morgan fingerprint density at radius 3 is 2.67 bits per heavy atom. The molecule has 0 bridgehead atoms. The van der Waals surface area contributed by atoms with Crippen molar-refractivity contribution < 1.29 is 4.74 Å². The van der Waals surface area contributed by atoms with Gasteiger partial charge in [0.15, 0.2) is 0 Å². The molecule has 3 heteroatoms. The van der Waals surface area contributed by atoms with Crippen LogP contribution in [-0.4, -0.2) is 12.6 Å². The van der Waals surface area contributed by atoms with Crippen molar-refractivity contribution in [3.63, 3.8) is 0 Å². The van der Waals surface area contributed by atoms with E-state index < -0.39 is 0 Å². The molecule has 1 aliphatic rings. The number of ether oxygens (including phenoxy) is 1. The number of nitrogens with two attached hydrogens (primary N) is 1. The van der Waals surface area contributed by atoms with Crippen LogP contribution in [0.15, 0.2) is 42.5 Å². The summed E-state index contributed by atoms with van der Waals surface area (Å²) in [6.45, 7) is 6.09. The molecule has 2 N–H and O–H groups in total. The van der Waals surface area contributed by atoms with Crippen LogP contribution >= 0.6 is 0 Å². The van der Waals surface area contributed by atoms with Gasteiger partial charge in [-0.05, 0) is 31.0 Å². The van der Waals surface area contributed by atoms with Crippen molar-refractivity contribution in [3.05, 3.63) is 53.6 Å². The molecule has 0 radical (unpaired) electrons. The van der Waals surface area contributed by atoms with Gasteiger partial charge < -0.3 is 15.4 Å². The molecular formula is C18H22N2O. The Hall–Kier alpha value is -2.16. The summed E-state index contributed by atoms with van der Waals surface area (Å²) >= 11 is 0. The molecule has 2 aromatic rings. The molecular weight excluding hydrogens is 260 g/mol. The third kappa shape index (κ3) is 2.97. The molecule has 0 spiro atoms. The number of nitrogen functional groups attached to an aromatic ring is 1. The van der Waals surface area contributed by atoms with Crippen LogP contribution in [0, 0.1) is 6.92 Å². The fourth-order valence-electron chi connectivity index (χ4n) is 2.72. The molecule has 1 aliphatic heterocycles. The van der Waals surface area contributed by atoms with Crippen LogP contribution in [-0.2, 0) is 6.54 Å². The highest BCUT2D eigenvalue weighted by molar-refractivity contribution is 5.65. The van der Waals surface area contributed by atoms with E-state index >= 15 is 0 Å². The molecule has 3 nitrogen and oxygen atoms in total. The molecule has 3 rings (SSSR count). The van der Waals surface area contributed by atoms with Gasteiger partial charge in [0.2, 0.25) is 0 Å². The summed E-state index contributed by atoms with van der Waals surface area (Å²) in [6.07, 6.45) is 1.23. The first-order valence-electron chi connectivity index (χ1n) is 7.52. The Balaban J connectivity index is 1.89. The van der Waals surface area contributed by atoms with Crippen molar-refractivity contribution in [1.82, 2.24) is 0 Å². The Labute approximate surface area is 126 Å². The van der Waals surface area contributed by atoms with E-state index in [0.29, 0.717) is 0 Å². The fourth-order valence-corrected chi connectivity index (χ4v) is 2.72. The van der Waals surface area contributed by atoms with E-state index in [-0.39, 0.29) is 6.10 Å². The number of fused-ring (bicyclic) bond motifs is 1. The van der Waals surface area contributed by atoms with E-state index in [1.807, 2.05) is 12.1 Å². The number of benzene rings is 2. The molecule has 2 aromatic carbocycles. The van der Waals surface area contributed by atoms with Crippen LogP contribution < -0.4 is 15.4 Å². The lowest BCUT2D eigenvalue weighted by Gasteiger charge is -2.36. The third-order valence-electron chi connectivity index (χ3n) is 3.99. The van der Waals surface area contributed by atoms with Crippen LogP contribution in [0.5, 0.6) is 5.75 Å². The van der Waals surface area contributed by atoms with E-state index in [2.05, 4.69) is 49.1 Å². The summed E-state index contributed by atoms with van der Waals surface area (Å²) in [6, 6.07) is 14.7. The molecule has 0 saturated heterocycles. The van der Waals surface area contributed by atoms with E-state index in [1.54, 1.807) is 0 Å². The second-order valence-electron chi connectivity index (χ2n) is 5.74. The smallest absolute Gasteiger partial charge is 0.145 e. The topological polar surface area (TPSA) is 38.5 Å². The first-order valence-corrected chi connectivity index (χ1v) is 7.52. The van der Waals surface area contributed by atoms with E-state index in [0.717, 1.165) is 36.6 Å². The van der Waals surface area contributed by atoms with Crippen molar-refractivity contribution in [2.75, 3.05) is 17.2 Å². The number of hydrogen-bond acceptors (Lipinski definition) is 3. The minimum Gasteiger partial charge on any atom is -0.486 e. The molecule has 0 fully saturated rings. The second-order valence-corrected chi connectivity index (χ2v) is 5.74. The first kappa shape index (κ1) is 13.8. The van der Waals surface area contributed by atoms with Gasteiger partial charge in [0.1, 0.15) is 11.9 Å². The van der Waals surface area contributed by atoms with Crippen LogP contribution in [0.25, 0.3) is 0 Å². The molecule has 0 amide bonds. The Morgan fingerprint density at radius 2 is 1.95 bits per heavy atom. The normalized spacial score (nSPS) is 17.2. The summed E-state index contributed by atoms with van der Waals surface area (Å²) in [7, 11) is 0. The van der Waals surface area contributed by atoms with Crippen molar-refractivity contribution in [1.29, 1.82) is 0 Å². The molecule has 0 saturated carbocycles. The van der Waals surface area contributed by atoms with Crippen LogP contribution in [0.4, 0.5) is 11.4 Å². The van der Waals surface area contributed by atoms with Crippen molar-refractivity contribution in [2.24, 2.45) is 0 Å². The highest BCUT2D eigenvalue weighted by Gasteiger charge is 2.24. The Bertz CT molecular complexity index is 622. The average molecular weight is 282 g/mol. The van der Waals surface area contributed by atoms with Gasteiger partial charge in [0, 0.05) is 18.3 Å². The van der Waals surface area contributed by atoms with E-state index in [4.69, 9.17) is 10.5 Å². The molecule has 0 aliphatic carbocycles. The predicted octanol–water partition coefficient (Wildman–Crippen LogP) is 3.75. The summed E-state index contributed by atoms with van der Waals surface area (Å²) in [5, 5.41) is 0. The van der Waals surface area contributed by atoms with Gasteiger partial charge >= 0.3 is 0 Å². The first-order chi connectivity index (χ1) is 10.2. The lowest BCUT2D eigenvalue weighted by molar-refractivity contribution is 0.189. The van der Waals surface area contributed by atoms with Crippen LogP contribution in [0.1, 0.15) is 24.5 Å². The quantitative estimate of drug-likeness (QED) is 0.871. The van der Waals surface area contributed by atoms with Gasteiger partial charge in [-0.25, -0.2) is 0 Å². The number of anilines is 2. The maximum absolute atomic E-state index is 6.03. The lowest BCUT2D eigenvalue weighted by Crippen LogP contribution is -2.39. The van der Waals surface area contributed by atoms with Gasteiger partial charge in [-0.3, -0.25) is 0 Å². The number of rotatable bonds is 3. The maximum Gasteiger partial charge on any atom is 0.145 e. The van der Waals surface area contributed by atoms with Crippen LogP contribution in [0.2, 0.25) is 0 Å². The SMILES string of the molecule is CCC1CN(Cc2ccc(C)cc2)c2ccc(N)cc2O1. The highest BCUT2D eigenvalue weighted by atomic mass is 16.5. The number of nitrogens with zero attached hydrogens (tertiary/aromatic N) is 1. The summed E-state index contributed by atoms with van der Waals surface area (Å²) in [5.74, 6) is 0.903. The average Bonchev–Trinajstić information content (AvgIpc) is 2.49. The number of aryl methyl sites for hydroxylation is 1. The maximum atomic E-state index is 6.03. The van der Waals surface area contributed by atoms with Gasteiger partial charge in [-0.15, -0.1) is 0 Å². The van der Waals surface area contributed by atoms with Gasteiger partial charge in [0.05, 0.1) is 12.2 Å². The summed E-state index contributed by atoms with van der Waals surface area (Å²) in [4.78, 5) is 2.39. The second kappa shape index (κ2) is 5.68. The molecule has 1 heterocycles.